The maximum atomic E-state index is 13.2. The maximum absolute atomic E-state index is 13.2. The summed E-state index contributed by atoms with van der Waals surface area (Å²) in [5.41, 5.74) is 1.04. The van der Waals surface area contributed by atoms with Crippen molar-refractivity contribution in [3.05, 3.63) is 35.3 Å². The molecule has 112 valence electrons. The molecule has 0 aliphatic rings. The lowest BCUT2D eigenvalue weighted by atomic mass is 10.1. The molecular weight excluding hydrogens is 277 g/mol. The van der Waals surface area contributed by atoms with Crippen molar-refractivity contribution < 1.29 is 23.1 Å². The zero-order valence-electron chi connectivity index (χ0n) is 12.1. The van der Waals surface area contributed by atoms with E-state index >= 15 is 0 Å². The van der Waals surface area contributed by atoms with Gasteiger partial charge in [-0.2, -0.15) is 0 Å². The first-order valence-electron chi connectivity index (χ1n) is 6.45. The number of furan rings is 1. The number of methoxy groups -OCH3 is 1. The third kappa shape index (κ3) is 3.04. The molecule has 0 saturated heterocycles. The monoisotopic (exact) mass is 293 g/mol. The molecule has 5 nitrogen and oxygen atoms in total. The molecule has 1 amide bonds. The number of carbonyl (C=O) groups excluding carboxylic acids is 2. The number of benzene rings is 1. The Morgan fingerprint density at radius 3 is 2.76 bits per heavy atom. The Balaban J connectivity index is 2.23. The van der Waals surface area contributed by atoms with Gasteiger partial charge < -0.3 is 14.1 Å². The van der Waals surface area contributed by atoms with Crippen molar-refractivity contribution in [1.82, 2.24) is 4.90 Å². The largest absolute Gasteiger partial charge is 0.469 e. The summed E-state index contributed by atoms with van der Waals surface area (Å²) in [4.78, 5) is 24.8. The highest BCUT2D eigenvalue weighted by Gasteiger charge is 2.21. The van der Waals surface area contributed by atoms with Crippen LogP contribution in [0, 0.1) is 12.7 Å². The van der Waals surface area contributed by atoms with Crippen molar-refractivity contribution in [2.45, 2.75) is 13.3 Å². The van der Waals surface area contributed by atoms with E-state index in [2.05, 4.69) is 4.74 Å². The molecule has 1 aromatic carbocycles. The molecule has 0 fully saturated rings. The van der Waals surface area contributed by atoms with Crippen molar-refractivity contribution in [3.8, 4) is 0 Å². The van der Waals surface area contributed by atoms with Gasteiger partial charge >= 0.3 is 5.97 Å². The molecule has 6 heteroatoms. The first kappa shape index (κ1) is 15.0. The molecule has 0 saturated carbocycles. The zero-order valence-corrected chi connectivity index (χ0v) is 12.1. The fourth-order valence-corrected chi connectivity index (χ4v) is 2.03. The lowest BCUT2D eigenvalue weighted by molar-refractivity contribution is -0.140. The second kappa shape index (κ2) is 5.95. The third-order valence-electron chi connectivity index (χ3n) is 3.32. The normalized spacial score (nSPS) is 10.7. The van der Waals surface area contributed by atoms with Crippen LogP contribution in [0.2, 0.25) is 0 Å². The van der Waals surface area contributed by atoms with Crippen LogP contribution in [0.15, 0.2) is 22.6 Å². The molecule has 1 heterocycles. The van der Waals surface area contributed by atoms with Crippen molar-refractivity contribution in [1.29, 1.82) is 0 Å². The summed E-state index contributed by atoms with van der Waals surface area (Å²) in [6.07, 6.45) is 0.104. The topological polar surface area (TPSA) is 59.8 Å². The van der Waals surface area contributed by atoms with E-state index in [0.717, 1.165) is 0 Å². The molecule has 0 aliphatic heterocycles. The van der Waals surface area contributed by atoms with Crippen molar-refractivity contribution in [2.75, 3.05) is 20.7 Å². The molecule has 1 aromatic heterocycles. The second-order valence-corrected chi connectivity index (χ2v) is 4.75. The molecule has 0 atom stereocenters. The zero-order chi connectivity index (χ0) is 15.6. The van der Waals surface area contributed by atoms with Gasteiger partial charge in [-0.25, -0.2) is 4.39 Å². The van der Waals surface area contributed by atoms with E-state index in [1.54, 1.807) is 14.0 Å². The van der Waals surface area contributed by atoms with Gasteiger partial charge in [0.25, 0.3) is 5.91 Å². The van der Waals surface area contributed by atoms with Crippen LogP contribution in [0.5, 0.6) is 0 Å². The van der Waals surface area contributed by atoms with Crippen LogP contribution in [0.1, 0.15) is 22.5 Å². The molecular formula is C15H16FNO4. The number of hydrogen-bond donors (Lipinski definition) is 0. The minimum absolute atomic E-state index is 0.104. The molecule has 21 heavy (non-hydrogen) atoms. The average Bonchev–Trinajstić information content (AvgIpc) is 2.80. The number of halogens is 1. The SMILES string of the molecule is COC(=O)CCN(C)C(=O)c1oc2ccc(F)cc2c1C. The number of esters is 1. The van der Waals surface area contributed by atoms with Gasteiger partial charge in [0.15, 0.2) is 5.76 Å². The lowest BCUT2D eigenvalue weighted by Gasteiger charge is -2.15. The Hall–Kier alpha value is -2.37. The number of amides is 1. The number of aryl methyl sites for hydroxylation is 1. The minimum Gasteiger partial charge on any atom is -0.469 e. The number of nitrogens with zero attached hydrogens (tertiary/aromatic N) is 1. The van der Waals surface area contributed by atoms with Gasteiger partial charge in [0.05, 0.1) is 13.5 Å². The summed E-state index contributed by atoms with van der Waals surface area (Å²) in [6, 6.07) is 4.10. The van der Waals surface area contributed by atoms with E-state index in [-0.39, 0.29) is 30.5 Å². The number of fused-ring (bicyclic) bond motifs is 1. The lowest BCUT2D eigenvalue weighted by Crippen LogP contribution is -2.29. The molecule has 0 unspecified atom stereocenters. The van der Waals surface area contributed by atoms with E-state index < -0.39 is 5.97 Å². The van der Waals surface area contributed by atoms with E-state index in [4.69, 9.17) is 4.42 Å². The maximum Gasteiger partial charge on any atom is 0.307 e. The minimum atomic E-state index is -0.391. The number of carbonyl (C=O) groups is 2. The van der Waals surface area contributed by atoms with Gasteiger partial charge in [-0.05, 0) is 25.1 Å². The highest BCUT2D eigenvalue weighted by Crippen LogP contribution is 2.26. The van der Waals surface area contributed by atoms with Crippen molar-refractivity contribution >= 4 is 22.8 Å². The third-order valence-corrected chi connectivity index (χ3v) is 3.32. The molecule has 0 spiro atoms. The van der Waals surface area contributed by atoms with Gasteiger partial charge in [-0.1, -0.05) is 0 Å². The predicted molar refractivity (Wildman–Crippen MR) is 74.5 cm³/mol. The second-order valence-electron chi connectivity index (χ2n) is 4.75. The quantitative estimate of drug-likeness (QED) is 0.813. The van der Waals surface area contributed by atoms with E-state index in [0.29, 0.717) is 16.5 Å². The van der Waals surface area contributed by atoms with Crippen LogP contribution in [0.25, 0.3) is 11.0 Å². The van der Waals surface area contributed by atoms with Gasteiger partial charge in [-0.3, -0.25) is 9.59 Å². The Bertz CT molecular complexity index is 692. The standard InChI is InChI=1S/C15H16FNO4/c1-9-11-8-10(16)4-5-12(11)21-14(9)15(19)17(2)7-6-13(18)20-3/h4-5,8H,6-7H2,1-3H3. The van der Waals surface area contributed by atoms with Crippen LogP contribution >= 0.6 is 0 Å². The summed E-state index contributed by atoms with van der Waals surface area (Å²) in [5.74, 6) is -0.974. The predicted octanol–water partition coefficient (Wildman–Crippen LogP) is 2.52. The van der Waals surface area contributed by atoms with E-state index in [1.165, 1.54) is 30.2 Å². The van der Waals surface area contributed by atoms with Crippen molar-refractivity contribution in [3.63, 3.8) is 0 Å². The fourth-order valence-electron chi connectivity index (χ4n) is 2.03. The smallest absolute Gasteiger partial charge is 0.307 e. The Morgan fingerprint density at radius 1 is 1.38 bits per heavy atom. The number of rotatable bonds is 4. The van der Waals surface area contributed by atoms with Crippen LogP contribution in [0.4, 0.5) is 4.39 Å². The molecule has 0 bridgehead atoms. The highest BCUT2D eigenvalue weighted by atomic mass is 19.1. The first-order valence-corrected chi connectivity index (χ1v) is 6.45. The van der Waals surface area contributed by atoms with Crippen LogP contribution in [0.3, 0.4) is 0 Å². The van der Waals surface area contributed by atoms with Crippen LogP contribution in [-0.2, 0) is 9.53 Å². The Labute approximate surface area is 121 Å². The molecule has 2 rings (SSSR count). The van der Waals surface area contributed by atoms with Gasteiger partial charge in [-0.15, -0.1) is 0 Å². The summed E-state index contributed by atoms with van der Waals surface area (Å²) in [6.45, 7) is 1.92. The molecule has 0 aliphatic carbocycles. The van der Waals surface area contributed by atoms with E-state index in [1.807, 2.05) is 0 Å². The van der Waals surface area contributed by atoms with Gasteiger partial charge in [0.1, 0.15) is 11.4 Å². The molecule has 2 aromatic rings. The van der Waals surface area contributed by atoms with Crippen molar-refractivity contribution in [2.24, 2.45) is 0 Å². The van der Waals surface area contributed by atoms with E-state index in [9.17, 15) is 14.0 Å². The van der Waals surface area contributed by atoms with Gasteiger partial charge in [0, 0.05) is 24.5 Å². The molecule has 0 N–H and O–H groups in total. The van der Waals surface area contributed by atoms with Crippen LogP contribution in [-0.4, -0.2) is 37.5 Å². The van der Waals surface area contributed by atoms with Crippen LogP contribution < -0.4 is 0 Å². The Morgan fingerprint density at radius 2 is 2.10 bits per heavy atom. The summed E-state index contributed by atoms with van der Waals surface area (Å²) >= 11 is 0. The highest BCUT2D eigenvalue weighted by molar-refractivity contribution is 5.98. The first-order chi connectivity index (χ1) is 9.93. The number of hydrogen-bond acceptors (Lipinski definition) is 4. The molecule has 0 radical (unpaired) electrons. The van der Waals surface area contributed by atoms with Gasteiger partial charge in [0.2, 0.25) is 0 Å². The fraction of sp³-hybridized carbons (Fsp3) is 0.333. The number of ether oxygens (including phenoxy) is 1. The Kier molecular flexibility index (Phi) is 4.26. The average molecular weight is 293 g/mol. The summed E-state index contributed by atoms with van der Waals surface area (Å²) < 4.78 is 23.3. The summed E-state index contributed by atoms with van der Waals surface area (Å²) in [5, 5.41) is 0.569. The summed E-state index contributed by atoms with van der Waals surface area (Å²) in [7, 11) is 2.86.